The number of carbonyl (C=O) groups is 1. The summed E-state index contributed by atoms with van der Waals surface area (Å²) < 4.78 is 5.97. The molecular weight excluding hydrogens is 264 g/mol. The van der Waals surface area contributed by atoms with Crippen molar-refractivity contribution in [3.8, 4) is 5.75 Å². The molecule has 0 radical (unpaired) electrons. The monoisotopic (exact) mass is 290 g/mol. The lowest BCUT2D eigenvalue weighted by molar-refractivity contribution is -0.138. The number of nitrogens with one attached hydrogen (secondary N) is 1. The Balaban J connectivity index is 2.05. The topological polar surface area (TPSA) is 41.6 Å². The van der Waals surface area contributed by atoms with E-state index in [1.54, 1.807) is 0 Å². The van der Waals surface area contributed by atoms with E-state index in [4.69, 9.17) is 4.74 Å². The van der Waals surface area contributed by atoms with Gasteiger partial charge >= 0.3 is 0 Å². The van der Waals surface area contributed by atoms with Crippen LogP contribution in [-0.2, 0) is 4.79 Å². The Morgan fingerprint density at radius 3 is 2.62 bits per heavy atom. The first-order chi connectivity index (χ1) is 10.1. The Morgan fingerprint density at radius 1 is 1.29 bits per heavy atom. The molecule has 1 heterocycles. The van der Waals surface area contributed by atoms with E-state index in [1.165, 1.54) is 5.56 Å². The predicted molar refractivity (Wildman–Crippen MR) is 84.7 cm³/mol. The molecule has 1 aromatic carbocycles. The van der Waals surface area contributed by atoms with E-state index < -0.39 is 6.10 Å². The van der Waals surface area contributed by atoms with Crippen molar-refractivity contribution >= 4 is 5.91 Å². The first kappa shape index (κ1) is 15.8. The van der Waals surface area contributed by atoms with E-state index in [9.17, 15) is 4.79 Å². The zero-order valence-corrected chi connectivity index (χ0v) is 13.3. The highest BCUT2D eigenvalue weighted by Crippen LogP contribution is 2.29. The number of hydrogen-bond donors (Lipinski definition) is 1. The summed E-state index contributed by atoms with van der Waals surface area (Å²) >= 11 is 0. The second kappa shape index (κ2) is 7.46. The molecule has 0 bridgehead atoms. The molecule has 0 aliphatic carbocycles. The van der Waals surface area contributed by atoms with Crippen LogP contribution in [0.3, 0.4) is 0 Å². The number of rotatable bonds is 5. The van der Waals surface area contributed by atoms with Gasteiger partial charge in [0.2, 0.25) is 0 Å². The van der Waals surface area contributed by atoms with Crippen LogP contribution in [-0.4, -0.2) is 43.1 Å². The summed E-state index contributed by atoms with van der Waals surface area (Å²) in [5.41, 5.74) is 1.18. The molecule has 2 atom stereocenters. The molecule has 1 N–H and O–H groups in total. The third kappa shape index (κ3) is 3.97. The van der Waals surface area contributed by atoms with Crippen LogP contribution in [0.4, 0.5) is 0 Å². The second-order valence-electron chi connectivity index (χ2n) is 5.68. The zero-order valence-electron chi connectivity index (χ0n) is 13.3. The lowest BCUT2D eigenvalue weighted by atomic mass is 9.98. The maximum Gasteiger partial charge on any atom is 0.263 e. The van der Waals surface area contributed by atoms with Crippen LogP contribution >= 0.6 is 0 Å². The SMILES string of the molecule is CCC(C)c1ccccc1OC(C)C(=O)N1CCNCC1. The van der Waals surface area contributed by atoms with Crippen molar-refractivity contribution in [2.24, 2.45) is 0 Å². The number of para-hydroxylation sites is 1. The van der Waals surface area contributed by atoms with Gasteiger partial charge < -0.3 is 15.0 Å². The normalized spacial score (nSPS) is 18.1. The third-order valence-electron chi connectivity index (χ3n) is 4.14. The molecule has 1 amide bonds. The fraction of sp³-hybridized carbons (Fsp3) is 0.588. The highest BCUT2D eigenvalue weighted by atomic mass is 16.5. The van der Waals surface area contributed by atoms with Crippen molar-refractivity contribution in [2.45, 2.75) is 39.2 Å². The number of amides is 1. The third-order valence-corrected chi connectivity index (χ3v) is 4.14. The number of nitrogens with zero attached hydrogens (tertiary/aromatic N) is 1. The van der Waals surface area contributed by atoms with Crippen molar-refractivity contribution in [2.75, 3.05) is 26.2 Å². The van der Waals surface area contributed by atoms with E-state index in [-0.39, 0.29) is 5.91 Å². The van der Waals surface area contributed by atoms with Crippen molar-refractivity contribution < 1.29 is 9.53 Å². The molecule has 1 aromatic rings. The molecule has 116 valence electrons. The van der Waals surface area contributed by atoms with E-state index in [2.05, 4.69) is 25.2 Å². The molecular formula is C17H26N2O2. The molecule has 1 fully saturated rings. The molecule has 0 saturated carbocycles. The second-order valence-corrected chi connectivity index (χ2v) is 5.68. The Morgan fingerprint density at radius 2 is 1.95 bits per heavy atom. The molecule has 1 saturated heterocycles. The Labute approximate surface area is 127 Å². The summed E-state index contributed by atoms with van der Waals surface area (Å²) in [4.78, 5) is 14.3. The van der Waals surface area contributed by atoms with Crippen molar-refractivity contribution in [1.29, 1.82) is 0 Å². The van der Waals surface area contributed by atoms with E-state index in [0.29, 0.717) is 5.92 Å². The van der Waals surface area contributed by atoms with Crippen LogP contribution in [0.5, 0.6) is 5.75 Å². The van der Waals surface area contributed by atoms with Gasteiger partial charge in [0, 0.05) is 26.2 Å². The first-order valence-electron chi connectivity index (χ1n) is 7.88. The van der Waals surface area contributed by atoms with Gasteiger partial charge in [-0.3, -0.25) is 4.79 Å². The average Bonchev–Trinajstić information content (AvgIpc) is 2.54. The zero-order chi connectivity index (χ0) is 15.2. The van der Waals surface area contributed by atoms with E-state index >= 15 is 0 Å². The van der Waals surface area contributed by atoms with Gasteiger partial charge in [-0.15, -0.1) is 0 Å². The largest absolute Gasteiger partial charge is 0.481 e. The van der Waals surface area contributed by atoms with Gasteiger partial charge in [-0.2, -0.15) is 0 Å². The van der Waals surface area contributed by atoms with Gasteiger partial charge in [0.15, 0.2) is 6.10 Å². The molecule has 21 heavy (non-hydrogen) atoms. The van der Waals surface area contributed by atoms with Crippen molar-refractivity contribution in [3.63, 3.8) is 0 Å². The molecule has 4 nitrogen and oxygen atoms in total. The summed E-state index contributed by atoms with van der Waals surface area (Å²) in [6, 6.07) is 8.04. The number of piperazine rings is 1. The first-order valence-corrected chi connectivity index (χ1v) is 7.88. The summed E-state index contributed by atoms with van der Waals surface area (Å²) in [6.45, 7) is 9.45. The standard InChI is InChI=1S/C17H26N2O2/c1-4-13(2)15-7-5-6-8-16(15)21-14(3)17(20)19-11-9-18-10-12-19/h5-8,13-14,18H,4,9-12H2,1-3H3. The average molecular weight is 290 g/mol. The van der Waals surface area contributed by atoms with Gasteiger partial charge in [-0.05, 0) is 30.9 Å². The summed E-state index contributed by atoms with van der Waals surface area (Å²) in [5.74, 6) is 1.35. The lowest BCUT2D eigenvalue weighted by Gasteiger charge is -2.30. The molecule has 2 unspecified atom stereocenters. The predicted octanol–water partition coefficient (Wildman–Crippen LogP) is 2.40. The smallest absolute Gasteiger partial charge is 0.263 e. The minimum Gasteiger partial charge on any atom is -0.481 e. The number of carbonyl (C=O) groups excluding carboxylic acids is 1. The molecule has 1 aliphatic rings. The number of hydrogen-bond acceptors (Lipinski definition) is 3. The highest BCUT2D eigenvalue weighted by Gasteiger charge is 2.24. The molecule has 2 rings (SSSR count). The van der Waals surface area contributed by atoms with Gasteiger partial charge in [0.1, 0.15) is 5.75 Å². The molecule has 1 aliphatic heterocycles. The van der Waals surface area contributed by atoms with Gasteiger partial charge in [-0.25, -0.2) is 0 Å². The fourth-order valence-electron chi connectivity index (χ4n) is 2.60. The quantitative estimate of drug-likeness (QED) is 0.905. The summed E-state index contributed by atoms with van der Waals surface area (Å²) in [6.07, 6.45) is 0.619. The molecule has 0 spiro atoms. The van der Waals surface area contributed by atoms with Crippen LogP contribution in [0.15, 0.2) is 24.3 Å². The Kier molecular flexibility index (Phi) is 5.62. The van der Waals surface area contributed by atoms with Crippen LogP contribution in [0.1, 0.15) is 38.7 Å². The Bertz CT molecular complexity index is 470. The maximum atomic E-state index is 12.4. The minimum atomic E-state index is -0.437. The van der Waals surface area contributed by atoms with Crippen LogP contribution in [0.2, 0.25) is 0 Å². The van der Waals surface area contributed by atoms with Crippen LogP contribution < -0.4 is 10.1 Å². The van der Waals surface area contributed by atoms with E-state index in [0.717, 1.165) is 38.3 Å². The van der Waals surface area contributed by atoms with Gasteiger partial charge in [0.05, 0.1) is 0 Å². The minimum absolute atomic E-state index is 0.0791. The number of benzene rings is 1. The van der Waals surface area contributed by atoms with Crippen molar-refractivity contribution in [1.82, 2.24) is 10.2 Å². The fourth-order valence-corrected chi connectivity index (χ4v) is 2.60. The summed E-state index contributed by atoms with van der Waals surface area (Å²) in [7, 11) is 0. The van der Waals surface area contributed by atoms with Gasteiger partial charge in [0.25, 0.3) is 5.91 Å². The summed E-state index contributed by atoms with van der Waals surface area (Å²) in [5, 5.41) is 3.26. The van der Waals surface area contributed by atoms with Crippen molar-refractivity contribution in [3.05, 3.63) is 29.8 Å². The number of ether oxygens (including phenoxy) is 1. The Hall–Kier alpha value is -1.55. The lowest BCUT2D eigenvalue weighted by Crippen LogP contribution is -2.50. The maximum absolute atomic E-state index is 12.4. The van der Waals surface area contributed by atoms with Crippen LogP contribution in [0, 0.1) is 0 Å². The van der Waals surface area contributed by atoms with Gasteiger partial charge in [-0.1, -0.05) is 32.0 Å². The molecule has 0 aromatic heterocycles. The van der Waals surface area contributed by atoms with E-state index in [1.807, 2.05) is 30.0 Å². The highest BCUT2D eigenvalue weighted by molar-refractivity contribution is 5.81. The van der Waals surface area contributed by atoms with Crippen LogP contribution in [0.25, 0.3) is 0 Å². The molecule has 4 heteroatoms.